The van der Waals surface area contributed by atoms with E-state index < -0.39 is 5.97 Å². The number of rotatable bonds is 11. The second-order valence-electron chi connectivity index (χ2n) is 4.88. The minimum atomic E-state index is -0.805. The van der Waals surface area contributed by atoms with Crippen LogP contribution in [0.15, 0.2) is 0 Å². The highest BCUT2D eigenvalue weighted by Crippen LogP contribution is 2.00. The Morgan fingerprint density at radius 1 is 1.35 bits per heavy atom. The number of methoxy groups -OCH3 is 1. The minimum absolute atomic E-state index is 0.0272. The summed E-state index contributed by atoms with van der Waals surface area (Å²) < 4.78 is 4.96. The largest absolute Gasteiger partial charge is 0.481 e. The molecule has 1 atom stereocenters. The van der Waals surface area contributed by atoms with Crippen molar-refractivity contribution in [2.45, 2.75) is 32.2 Å². The van der Waals surface area contributed by atoms with Crippen LogP contribution in [0, 0.1) is 0 Å². The van der Waals surface area contributed by atoms with Crippen LogP contribution in [-0.2, 0) is 9.53 Å². The molecule has 0 aliphatic rings. The first-order valence-electron chi connectivity index (χ1n) is 6.89. The maximum absolute atomic E-state index is 11.6. The summed E-state index contributed by atoms with van der Waals surface area (Å²) in [6, 6.07) is -0.242. The van der Waals surface area contributed by atoms with Crippen molar-refractivity contribution in [1.29, 1.82) is 0 Å². The van der Waals surface area contributed by atoms with Gasteiger partial charge in [0.1, 0.15) is 0 Å². The van der Waals surface area contributed by atoms with Gasteiger partial charge in [-0.2, -0.15) is 0 Å². The second-order valence-corrected chi connectivity index (χ2v) is 4.88. The molecule has 0 saturated carbocycles. The number of likely N-dealkylation sites (N-methyl/N-ethyl adjacent to an activating group) is 1. The molecule has 118 valence electrons. The lowest BCUT2D eigenvalue weighted by molar-refractivity contribution is -0.137. The van der Waals surface area contributed by atoms with Gasteiger partial charge in [-0.05, 0) is 26.8 Å². The molecule has 0 aromatic heterocycles. The number of aliphatic carboxylic acids is 1. The van der Waals surface area contributed by atoms with Crippen molar-refractivity contribution < 1.29 is 19.4 Å². The van der Waals surface area contributed by atoms with Crippen molar-refractivity contribution in [3.05, 3.63) is 0 Å². The number of carbonyl (C=O) groups excluding carboxylic acids is 1. The van der Waals surface area contributed by atoms with E-state index in [-0.39, 0.29) is 18.5 Å². The van der Waals surface area contributed by atoms with Gasteiger partial charge in [0.15, 0.2) is 0 Å². The van der Waals surface area contributed by atoms with Crippen LogP contribution < -0.4 is 10.6 Å². The standard InChI is InChI=1S/C13H27N3O4/c1-11(5-4-6-12(17)18)15-13(19)14-7-8-16(2)9-10-20-3/h11H,4-10H2,1-3H3,(H,17,18)(H2,14,15,19). The minimum Gasteiger partial charge on any atom is -0.481 e. The zero-order valence-corrected chi connectivity index (χ0v) is 12.6. The molecule has 0 radical (unpaired) electrons. The summed E-state index contributed by atoms with van der Waals surface area (Å²) in [7, 11) is 3.62. The molecular formula is C13H27N3O4. The number of carbonyl (C=O) groups is 2. The fraction of sp³-hybridized carbons (Fsp3) is 0.846. The van der Waals surface area contributed by atoms with E-state index in [4.69, 9.17) is 9.84 Å². The first-order valence-corrected chi connectivity index (χ1v) is 6.89. The van der Waals surface area contributed by atoms with E-state index in [0.717, 1.165) is 13.1 Å². The Bertz CT molecular complexity index is 287. The van der Waals surface area contributed by atoms with E-state index in [1.807, 2.05) is 14.0 Å². The summed E-state index contributed by atoms with van der Waals surface area (Å²) >= 11 is 0. The van der Waals surface area contributed by atoms with Gasteiger partial charge in [0, 0.05) is 39.2 Å². The molecule has 0 saturated heterocycles. The van der Waals surface area contributed by atoms with Crippen molar-refractivity contribution >= 4 is 12.0 Å². The Balaban J connectivity index is 3.59. The van der Waals surface area contributed by atoms with Crippen molar-refractivity contribution in [1.82, 2.24) is 15.5 Å². The fourth-order valence-electron chi connectivity index (χ4n) is 1.63. The molecule has 0 aromatic rings. The Morgan fingerprint density at radius 2 is 2.05 bits per heavy atom. The summed E-state index contributed by atoms with van der Waals surface area (Å²) in [6.07, 6.45) is 1.36. The molecule has 0 rings (SSSR count). The molecule has 20 heavy (non-hydrogen) atoms. The zero-order valence-electron chi connectivity index (χ0n) is 12.6. The van der Waals surface area contributed by atoms with Gasteiger partial charge in [-0.1, -0.05) is 0 Å². The van der Waals surface area contributed by atoms with Crippen LogP contribution in [0.3, 0.4) is 0 Å². The zero-order chi connectivity index (χ0) is 15.4. The van der Waals surface area contributed by atoms with Crippen LogP contribution >= 0.6 is 0 Å². The number of hydrogen-bond acceptors (Lipinski definition) is 4. The molecule has 7 nitrogen and oxygen atoms in total. The average Bonchev–Trinajstić information content (AvgIpc) is 2.35. The number of urea groups is 1. The molecule has 1 unspecified atom stereocenters. The molecule has 0 aromatic carbocycles. The number of hydrogen-bond donors (Lipinski definition) is 3. The molecule has 0 fully saturated rings. The molecule has 2 amide bonds. The average molecular weight is 289 g/mol. The smallest absolute Gasteiger partial charge is 0.315 e. The van der Waals surface area contributed by atoms with E-state index >= 15 is 0 Å². The fourth-order valence-corrected chi connectivity index (χ4v) is 1.63. The van der Waals surface area contributed by atoms with Crippen LogP contribution in [0.1, 0.15) is 26.2 Å². The normalized spacial score (nSPS) is 12.2. The highest BCUT2D eigenvalue weighted by Gasteiger charge is 2.07. The third-order valence-electron chi connectivity index (χ3n) is 2.86. The number of nitrogens with one attached hydrogen (secondary N) is 2. The van der Waals surface area contributed by atoms with Crippen LogP contribution in [0.5, 0.6) is 0 Å². The van der Waals surface area contributed by atoms with Crippen LogP contribution in [0.4, 0.5) is 4.79 Å². The van der Waals surface area contributed by atoms with Gasteiger partial charge in [-0.15, -0.1) is 0 Å². The van der Waals surface area contributed by atoms with Gasteiger partial charge < -0.3 is 25.4 Å². The molecule has 0 aliphatic heterocycles. The Morgan fingerprint density at radius 3 is 2.65 bits per heavy atom. The Kier molecular flexibility index (Phi) is 10.7. The van der Waals surface area contributed by atoms with Gasteiger partial charge in [-0.25, -0.2) is 4.79 Å². The van der Waals surface area contributed by atoms with E-state index in [9.17, 15) is 9.59 Å². The molecule has 0 heterocycles. The third-order valence-corrected chi connectivity index (χ3v) is 2.86. The monoisotopic (exact) mass is 289 g/mol. The summed E-state index contributed by atoms with van der Waals surface area (Å²) in [5, 5.41) is 14.1. The number of amides is 2. The first kappa shape index (κ1) is 18.7. The van der Waals surface area contributed by atoms with Gasteiger partial charge in [0.2, 0.25) is 0 Å². The van der Waals surface area contributed by atoms with Crippen LogP contribution in [0.25, 0.3) is 0 Å². The predicted molar refractivity (Wildman–Crippen MR) is 76.9 cm³/mol. The first-order chi connectivity index (χ1) is 9.45. The molecule has 0 bridgehead atoms. The Hall–Kier alpha value is -1.34. The van der Waals surface area contributed by atoms with E-state index in [1.54, 1.807) is 7.11 Å². The molecule has 7 heteroatoms. The summed E-state index contributed by atoms with van der Waals surface area (Å²) in [4.78, 5) is 24.0. The van der Waals surface area contributed by atoms with Crippen molar-refractivity contribution in [2.75, 3.05) is 40.4 Å². The SMILES string of the molecule is COCCN(C)CCNC(=O)NC(C)CCCC(=O)O. The van der Waals surface area contributed by atoms with Crippen molar-refractivity contribution in [3.63, 3.8) is 0 Å². The topological polar surface area (TPSA) is 90.9 Å². The maximum Gasteiger partial charge on any atom is 0.315 e. The van der Waals surface area contributed by atoms with Crippen molar-refractivity contribution in [3.8, 4) is 0 Å². The lowest BCUT2D eigenvalue weighted by Gasteiger charge is -2.18. The van der Waals surface area contributed by atoms with Crippen LogP contribution in [-0.4, -0.2) is 68.4 Å². The van der Waals surface area contributed by atoms with Gasteiger partial charge in [0.05, 0.1) is 6.61 Å². The van der Waals surface area contributed by atoms with E-state index in [0.29, 0.717) is 26.0 Å². The Labute approximate surface area is 120 Å². The summed E-state index contributed by atoms with van der Waals surface area (Å²) in [6.45, 7) is 4.68. The quantitative estimate of drug-likeness (QED) is 0.515. The number of ether oxygens (including phenoxy) is 1. The highest BCUT2D eigenvalue weighted by atomic mass is 16.5. The number of nitrogens with zero attached hydrogens (tertiary/aromatic N) is 1. The third kappa shape index (κ3) is 11.7. The second kappa shape index (κ2) is 11.5. The predicted octanol–water partition coefficient (Wildman–Crippen LogP) is 0.507. The summed E-state index contributed by atoms with van der Waals surface area (Å²) in [5.74, 6) is -0.805. The van der Waals surface area contributed by atoms with Gasteiger partial charge >= 0.3 is 12.0 Å². The van der Waals surface area contributed by atoms with E-state index in [2.05, 4.69) is 15.5 Å². The molecule has 0 aliphatic carbocycles. The molecule has 0 spiro atoms. The van der Waals surface area contributed by atoms with Crippen LogP contribution in [0.2, 0.25) is 0 Å². The number of carboxylic acid groups (broad SMARTS) is 1. The van der Waals surface area contributed by atoms with Gasteiger partial charge in [0.25, 0.3) is 0 Å². The maximum atomic E-state index is 11.6. The lowest BCUT2D eigenvalue weighted by atomic mass is 10.1. The highest BCUT2D eigenvalue weighted by molar-refractivity contribution is 5.74. The summed E-state index contributed by atoms with van der Waals surface area (Å²) in [5.41, 5.74) is 0. The molecular weight excluding hydrogens is 262 g/mol. The van der Waals surface area contributed by atoms with Gasteiger partial charge in [-0.3, -0.25) is 4.79 Å². The lowest BCUT2D eigenvalue weighted by Crippen LogP contribution is -2.43. The van der Waals surface area contributed by atoms with E-state index in [1.165, 1.54) is 0 Å². The number of carboxylic acids is 1. The molecule has 3 N–H and O–H groups in total. The van der Waals surface area contributed by atoms with Crippen molar-refractivity contribution in [2.24, 2.45) is 0 Å².